The monoisotopic (exact) mass is 264 g/mol. The molecule has 0 spiro atoms. The molecule has 1 aromatic rings. The standard InChI is InChI=1S/C16H25FN2/c1-12-5-3-8-15(9-12)19(2)16(11-18)13-6-4-7-14(17)10-13/h4,6-7,10,12,15-16H,3,5,8-9,11,18H2,1-2H3. The molecule has 106 valence electrons. The number of halogens is 1. The summed E-state index contributed by atoms with van der Waals surface area (Å²) in [5, 5.41) is 0. The van der Waals surface area contributed by atoms with Crippen LogP contribution in [0.3, 0.4) is 0 Å². The highest BCUT2D eigenvalue weighted by atomic mass is 19.1. The van der Waals surface area contributed by atoms with Crippen molar-refractivity contribution in [1.82, 2.24) is 4.90 Å². The Balaban J connectivity index is 2.12. The van der Waals surface area contributed by atoms with Gasteiger partial charge in [0.15, 0.2) is 0 Å². The summed E-state index contributed by atoms with van der Waals surface area (Å²) in [4.78, 5) is 2.35. The molecule has 0 aromatic heterocycles. The molecule has 3 unspecified atom stereocenters. The molecule has 0 amide bonds. The molecule has 2 N–H and O–H groups in total. The molecule has 2 rings (SSSR count). The van der Waals surface area contributed by atoms with Crippen molar-refractivity contribution in [1.29, 1.82) is 0 Å². The Kier molecular flexibility index (Phi) is 4.94. The van der Waals surface area contributed by atoms with Gasteiger partial charge in [0.25, 0.3) is 0 Å². The van der Waals surface area contributed by atoms with Crippen molar-refractivity contribution in [3.63, 3.8) is 0 Å². The summed E-state index contributed by atoms with van der Waals surface area (Å²) < 4.78 is 13.4. The van der Waals surface area contributed by atoms with E-state index >= 15 is 0 Å². The smallest absolute Gasteiger partial charge is 0.123 e. The molecule has 1 saturated carbocycles. The third-order valence-corrected chi connectivity index (χ3v) is 4.43. The maximum atomic E-state index is 13.4. The molecule has 0 bridgehead atoms. The minimum atomic E-state index is -0.179. The third kappa shape index (κ3) is 3.54. The van der Waals surface area contributed by atoms with Gasteiger partial charge in [0.1, 0.15) is 5.82 Å². The molecule has 1 aliphatic carbocycles. The van der Waals surface area contributed by atoms with E-state index in [0.717, 1.165) is 11.5 Å². The molecule has 3 atom stereocenters. The lowest BCUT2D eigenvalue weighted by molar-refractivity contribution is 0.121. The Bertz CT molecular complexity index is 407. The Morgan fingerprint density at radius 3 is 2.84 bits per heavy atom. The second kappa shape index (κ2) is 6.49. The summed E-state index contributed by atoms with van der Waals surface area (Å²) >= 11 is 0. The normalized spacial score (nSPS) is 25.5. The van der Waals surface area contributed by atoms with Crippen LogP contribution in [0.2, 0.25) is 0 Å². The SMILES string of the molecule is CC1CCCC(N(C)C(CN)c2cccc(F)c2)C1. The number of benzene rings is 1. The molecule has 3 heteroatoms. The molecule has 0 aliphatic heterocycles. The van der Waals surface area contributed by atoms with Crippen LogP contribution in [0.25, 0.3) is 0 Å². The van der Waals surface area contributed by atoms with Gasteiger partial charge < -0.3 is 5.73 Å². The number of nitrogens with zero attached hydrogens (tertiary/aromatic N) is 1. The van der Waals surface area contributed by atoms with Crippen LogP contribution in [0.4, 0.5) is 4.39 Å². The van der Waals surface area contributed by atoms with Gasteiger partial charge in [-0.1, -0.05) is 31.9 Å². The van der Waals surface area contributed by atoms with E-state index < -0.39 is 0 Å². The van der Waals surface area contributed by atoms with Gasteiger partial charge in [0.05, 0.1) is 0 Å². The molecule has 2 nitrogen and oxygen atoms in total. The highest BCUT2D eigenvalue weighted by molar-refractivity contribution is 5.20. The van der Waals surface area contributed by atoms with Crippen molar-refractivity contribution >= 4 is 0 Å². The third-order valence-electron chi connectivity index (χ3n) is 4.43. The minimum Gasteiger partial charge on any atom is -0.329 e. The van der Waals surface area contributed by atoms with E-state index in [1.807, 2.05) is 6.07 Å². The number of likely N-dealkylation sites (N-methyl/N-ethyl adjacent to an activating group) is 1. The summed E-state index contributed by atoms with van der Waals surface area (Å²) in [6.45, 7) is 2.85. The van der Waals surface area contributed by atoms with Gasteiger partial charge in [-0.25, -0.2) is 4.39 Å². The highest BCUT2D eigenvalue weighted by Gasteiger charge is 2.27. The molecule has 1 aliphatic rings. The van der Waals surface area contributed by atoms with Crippen LogP contribution in [0.1, 0.15) is 44.2 Å². The van der Waals surface area contributed by atoms with Gasteiger partial charge in [-0.05, 0) is 43.5 Å². The number of rotatable bonds is 4. The fraction of sp³-hybridized carbons (Fsp3) is 0.625. The second-order valence-electron chi connectivity index (χ2n) is 5.90. The molecule has 19 heavy (non-hydrogen) atoms. The van der Waals surface area contributed by atoms with Gasteiger partial charge in [0.2, 0.25) is 0 Å². The molecule has 1 fully saturated rings. The van der Waals surface area contributed by atoms with Crippen molar-refractivity contribution in [2.75, 3.05) is 13.6 Å². The summed E-state index contributed by atoms with van der Waals surface area (Å²) in [7, 11) is 2.13. The molecular formula is C16H25FN2. The van der Waals surface area contributed by atoms with E-state index in [-0.39, 0.29) is 11.9 Å². The lowest BCUT2D eigenvalue weighted by Crippen LogP contribution is -2.41. The lowest BCUT2D eigenvalue weighted by atomic mass is 9.85. The summed E-state index contributed by atoms with van der Waals surface area (Å²) in [5.74, 6) is 0.605. The molecule has 0 saturated heterocycles. The van der Waals surface area contributed by atoms with Gasteiger partial charge >= 0.3 is 0 Å². The van der Waals surface area contributed by atoms with Crippen LogP contribution in [-0.2, 0) is 0 Å². The van der Waals surface area contributed by atoms with E-state index in [9.17, 15) is 4.39 Å². The zero-order valence-electron chi connectivity index (χ0n) is 12.0. The van der Waals surface area contributed by atoms with E-state index in [0.29, 0.717) is 12.6 Å². The van der Waals surface area contributed by atoms with Gasteiger partial charge in [-0.2, -0.15) is 0 Å². The Labute approximate surface area is 115 Å². The number of hydrogen-bond donors (Lipinski definition) is 1. The fourth-order valence-electron chi connectivity index (χ4n) is 3.28. The van der Waals surface area contributed by atoms with Crippen molar-refractivity contribution in [3.05, 3.63) is 35.6 Å². The lowest BCUT2D eigenvalue weighted by Gasteiger charge is -2.38. The topological polar surface area (TPSA) is 29.3 Å². The molecule has 0 heterocycles. The summed E-state index contributed by atoms with van der Waals surface area (Å²) in [6.07, 6.45) is 5.07. The van der Waals surface area contributed by atoms with Crippen LogP contribution in [-0.4, -0.2) is 24.5 Å². The van der Waals surface area contributed by atoms with Crippen LogP contribution < -0.4 is 5.73 Å². The first-order chi connectivity index (χ1) is 9.11. The fourth-order valence-corrected chi connectivity index (χ4v) is 3.28. The Hall–Kier alpha value is -0.930. The molecule has 1 aromatic carbocycles. The summed E-state index contributed by atoms with van der Waals surface area (Å²) in [5.41, 5.74) is 6.92. The Morgan fingerprint density at radius 1 is 1.42 bits per heavy atom. The number of nitrogens with two attached hydrogens (primary N) is 1. The van der Waals surface area contributed by atoms with E-state index in [2.05, 4.69) is 18.9 Å². The van der Waals surface area contributed by atoms with Crippen molar-refractivity contribution < 1.29 is 4.39 Å². The average Bonchev–Trinajstić information content (AvgIpc) is 2.39. The summed E-state index contributed by atoms with van der Waals surface area (Å²) in [6, 6.07) is 7.53. The minimum absolute atomic E-state index is 0.117. The maximum Gasteiger partial charge on any atom is 0.123 e. The molecular weight excluding hydrogens is 239 g/mol. The van der Waals surface area contributed by atoms with Crippen LogP contribution in [0.5, 0.6) is 0 Å². The highest BCUT2D eigenvalue weighted by Crippen LogP contribution is 2.31. The first kappa shape index (κ1) is 14.5. The van der Waals surface area contributed by atoms with E-state index in [1.165, 1.54) is 31.7 Å². The Morgan fingerprint density at radius 2 is 2.21 bits per heavy atom. The van der Waals surface area contributed by atoms with Gasteiger partial charge in [0, 0.05) is 18.6 Å². The zero-order valence-corrected chi connectivity index (χ0v) is 12.0. The first-order valence-corrected chi connectivity index (χ1v) is 7.29. The maximum absolute atomic E-state index is 13.4. The van der Waals surface area contributed by atoms with Gasteiger partial charge in [-0.3, -0.25) is 4.90 Å². The van der Waals surface area contributed by atoms with Crippen molar-refractivity contribution in [2.24, 2.45) is 11.7 Å². The van der Waals surface area contributed by atoms with Crippen LogP contribution >= 0.6 is 0 Å². The van der Waals surface area contributed by atoms with Crippen molar-refractivity contribution in [3.8, 4) is 0 Å². The van der Waals surface area contributed by atoms with Crippen LogP contribution in [0, 0.1) is 11.7 Å². The predicted molar refractivity (Wildman–Crippen MR) is 77.4 cm³/mol. The van der Waals surface area contributed by atoms with Crippen LogP contribution in [0.15, 0.2) is 24.3 Å². The average molecular weight is 264 g/mol. The first-order valence-electron chi connectivity index (χ1n) is 7.29. The van der Waals surface area contributed by atoms with Crippen molar-refractivity contribution in [2.45, 2.75) is 44.7 Å². The quantitative estimate of drug-likeness (QED) is 0.903. The second-order valence-corrected chi connectivity index (χ2v) is 5.90. The van der Waals surface area contributed by atoms with E-state index in [4.69, 9.17) is 5.73 Å². The predicted octanol–water partition coefficient (Wildman–Crippen LogP) is 3.34. The molecule has 0 radical (unpaired) electrons. The van der Waals surface area contributed by atoms with Gasteiger partial charge in [-0.15, -0.1) is 0 Å². The zero-order chi connectivity index (χ0) is 13.8. The van der Waals surface area contributed by atoms with E-state index in [1.54, 1.807) is 12.1 Å². The number of hydrogen-bond acceptors (Lipinski definition) is 2. The largest absolute Gasteiger partial charge is 0.329 e.